The van der Waals surface area contributed by atoms with Gasteiger partial charge in [0.1, 0.15) is 6.54 Å². The number of likely N-dealkylation sites (tertiary alicyclic amines) is 1. The average Bonchev–Trinajstić information content (AvgIpc) is 3.40. The van der Waals surface area contributed by atoms with Gasteiger partial charge in [0.15, 0.2) is 0 Å². The molecule has 5 nitrogen and oxygen atoms in total. The predicted molar refractivity (Wildman–Crippen MR) is 96.2 cm³/mol. The van der Waals surface area contributed by atoms with Gasteiger partial charge < -0.3 is 5.32 Å². The first-order valence-corrected chi connectivity index (χ1v) is 9.43. The number of hydrogen-bond acceptors (Lipinski definition) is 3. The standard InChI is InChI=1S/C20H19ClN2O3/c1-9-14(21)3-2-4-15(9)22-16(24)8-23-19(25)17-10-5-6-11(13-7-12(10)13)18(17)20(23)26/h2-6,10-13,17-18H,7-8H2,1H3,(H,22,24)/t10-,11+,12-,13-,17+,18-/m1/s1. The van der Waals surface area contributed by atoms with Crippen LogP contribution in [-0.4, -0.2) is 29.2 Å². The minimum atomic E-state index is -0.374. The van der Waals surface area contributed by atoms with Gasteiger partial charge >= 0.3 is 0 Å². The number of benzene rings is 1. The molecule has 2 bridgehead atoms. The molecule has 1 N–H and O–H groups in total. The summed E-state index contributed by atoms with van der Waals surface area (Å²) < 4.78 is 0. The molecule has 3 amide bonds. The Balaban J connectivity index is 1.34. The number of rotatable bonds is 3. The SMILES string of the molecule is Cc1c(Cl)cccc1NC(=O)CN1C(=O)[C@@H]2[C@H]3C=C[C@H]([C@H]4C[C@H]34)[C@@H]2C1=O. The highest BCUT2D eigenvalue weighted by atomic mass is 35.5. The highest BCUT2D eigenvalue weighted by Crippen LogP contribution is 2.65. The minimum absolute atomic E-state index is 0.176. The second-order valence-electron chi connectivity index (χ2n) is 7.88. The molecule has 6 heteroatoms. The zero-order chi connectivity index (χ0) is 18.2. The van der Waals surface area contributed by atoms with E-state index in [2.05, 4.69) is 17.5 Å². The van der Waals surface area contributed by atoms with Gasteiger partial charge in [0.2, 0.25) is 17.7 Å². The monoisotopic (exact) mass is 370 g/mol. The third-order valence-corrected chi connectivity index (χ3v) is 7.01. The number of carbonyl (C=O) groups excluding carboxylic acids is 3. The van der Waals surface area contributed by atoms with E-state index in [-0.39, 0.29) is 47.9 Å². The van der Waals surface area contributed by atoms with E-state index in [1.807, 2.05) is 6.92 Å². The van der Waals surface area contributed by atoms with Crippen molar-refractivity contribution < 1.29 is 14.4 Å². The van der Waals surface area contributed by atoms with Crippen LogP contribution in [0.25, 0.3) is 0 Å². The number of anilines is 1. The highest BCUT2D eigenvalue weighted by molar-refractivity contribution is 6.31. The number of carbonyl (C=O) groups is 3. The maximum Gasteiger partial charge on any atom is 0.244 e. The van der Waals surface area contributed by atoms with Crippen molar-refractivity contribution in [2.24, 2.45) is 35.5 Å². The molecule has 1 aliphatic heterocycles. The Labute approximate surface area is 156 Å². The first kappa shape index (κ1) is 16.1. The van der Waals surface area contributed by atoms with Crippen molar-refractivity contribution in [2.45, 2.75) is 13.3 Å². The second-order valence-corrected chi connectivity index (χ2v) is 8.28. The van der Waals surface area contributed by atoms with Gasteiger partial charge in [-0.3, -0.25) is 19.3 Å². The Morgan fingerprint density at radius 3 is 2.38 bits per heavy atom. The summed E-state index contributed by atoms with van der Waals surface area (Å²) in [6.45, 7) is 1.58. The topological polar surface area (TPSA) is 66.5 Å². The zero-order valence-corrected chi connectivity index (χ0v) is 15.1. The number of amides is 3. The molecule has 1 heterocycles. The Hall–Kier alpha value is -2.14. The van der Waals surface area contributed by atoms with Crippen molar-refractivity contribution in [1.82, 2.24) is 4.90 Å². The molecule has 26 heavy (non-hydrogen) atoms. The van der Waals surface area contributed by atoms with Crippen molar-refractivity contribution in [3.63, 3.8) is 0 Å². The minimum Gasteiger partial charge on any atom is -0.324 e. The van der Waals surface area contributed by atoms with Gasteiger partial charge in [0.05, 0.1) is 11.8 Å². The summed E-state index contributed by atoms with van der Waals surface area (Å²) in [4.78, 5) is 39.4. The smallest absolute Gasteiger partial charge is 0.244 e. The van der Waals surface area contributed by atoms with E-state index in [1.165, 1.54) is 4.90 Å². The summed E-state index contributed by atoms with van der Waals surface area (Å²) in [6, 6.07) is 5.25. The molecule has 0 radical (unpaired) electrons. The van der Waals surface area contributed by atoms with Crippen molar-refractivity contribution in [3.05, 3.63) is 40.9 Å². The predicted octanol–water partition coefficient (Wildman–Crippen LogP) is 2.64. The van der Waals surface area contributed by atoms with Gasteiger partial charge in [0.25, 0.3) is 0 Å². The van der Waals surface area contributed by atoms with Crippen LogP contribution < -0.4 is 5.32 Å². The van der Waals surface area contributed by atoms with Crippen LogP contribution in [0.5, 0.6) is 0 Å². The van der Waals surface area contributed by atoms with Crippen molar-refractivity contribution in [3.8, 4) is 0 Å². The van der Waals surface area contributed by atoms with Gasteiger partial charge in [-0.25, -0.2) is 0 Å². The molecule has 4 aliphatic carbocycles. The lowest BCUT2D eigenvalue weighted by Crippen LogP contribution is -2.40. The van der Waals surface area contributed by atoms with Crippen LogP contribution in [0, 0.1) is 42.4 Å². The zero-order valence-electron chi connectivity index (χ0n) is 14.3. The quantitative estimate of drug-likeness (QED) is 0.657. The van der Waals surface area contributed by atoms with Gasteiger partial charge in [-0.2, -0.15) is 0 Å². The molecule has 1 aromatic carbocycles. The number of imide groups is 1. The van der Waals surface area contributed by atoms with Gasteiger partial charge in [-0.15, -0.1) is 0 Å². The Kier molecular flexibility index (Phi) is 3.35. The van der Waals surface area contributed by atoms with Gasteiger partial charge in [-0.1, -0.05) is 29.8 Å². The van der Waals surface area contributed by atoms with Crippen LogP contribution in [-0.2, 0) is 14.4 Å². The molecule has 134 valence electrons. The third-order valence-electron chi connectivity index (χ3n) is 6.60. The lowest BCUT2D eigenvalue weighted by atomic mass is 9.63. The fourth-order valence-corrected chi connectivity index (χ4v) is 5.43. The van der Waals surface area contributed by atoms with E-state index in [0.29, 0.717) is 22.5 Å². The number of hydrogen-bond donors (Lipinski definition) is 1. The first-order chi connectivity index (χ1) is 12.5. The van der Waals surface area contributed by atoms with Crippen LogP contribution in [0.4, 0.5) is 5.69 Å². The molecule has 3 fully saturated rings. The second kappa shape index (κ2) is 5.43. The van der Waals surface area contributed by atoms with E-state index >= 15 is 0 Å². The Morgan fingerprint density at radius 1 is 1.15 bits per heavy atom. The van der Waals surface area contributed by atoms with E-state index in [1.54, 1.807) is 18.2 Å². The maximum absolute atomic E-state index is 12.9. The van der Waals surface area contributed by atoms with E-state index < -0.39 is 0 Å². The molecule has 5 aliphatic rings. The molecule has 2 saturated carbocycles. The lowest BCUT2D eigenvalue weighted by Gasteiger charge is -2.37. The van der Waals surface area contributed by atoms with Crippen molar-refractivity contribution in [1.29, 1.82) is 0 Å². The molecule has 1 aromatic rings. The molecule has 0 aromatic heterocycles. The lowest BCUT2D eigenvalue weighted by molar-refractivity contribution is -0.142. The van der Waals surface area contributed by atoms with Crippen LogP contribution in [0.3, 0.4) is 0 Å². The molecular formula is C20H19ClN2O3. The highest BCUT2D eigenvalue weighted by Gasteiger charge is 2.67. The number of nitrogens with zero attached hydrogens (tertiary/aromatic N) is 1. The summed E-state index contributed by atoms with van der Waals surface area (Å²) in [7, 11) is 0. The molecule has 6 rings (SSSR count). The van der Waals surface area contributed by atoms with Crippen molar-refractivity contribution >= 4 is 35.0 Å². The average molecular weight is 371 g/mol. The molecule has 1 saturated heterocycles. The number of nitrogens with one attached hydrogen (secondary N) is 1. The van der Waals surface area contributed by atoms with Crippen LogP contribution in [0.15, 0.2) is 30.4 Å². The third kappa shape index (κ3) is 2.13. The number of halogens is 1. The largest absolute Gasteiger partial charge is 0.324 e. The summed E-state index contributed by atoms with van der Waals surface area (Å²) in [5.41, 5.74) is 1.36. The summed E-state index contributed by atoms with van der Waals surface area (Å²) in [6.07, 6.45) is 5.39. The summed E-state index contributed by atoms with van der Waals surface area (Å²) >= 11 is 6.08. The molecule has 6 atom stereocenters. The fraction of sp³-hybridized carbons (Fsp3) is 0.450. The van der Waals surface area contributed by atoms with Crippen LogP contribution in [0.2, 0.25) is 5.02 Å². The first-order valence-electron chi connectivity index (χ1n) is 9.06. The number of allylic oxidation sites excluding steroid dienone is 2. The van der Waals surface area contributed by atoms with E-state index in [4.69, 9.17) is 11.6 Å². The molecule has 0 spiro atoms. The van der Waals surface area contributed by atoms with Crippen molar-refractivity contribution in [2.75, 3.05) is 11.9 Å². The fourth-order valence-electron chi connectivity index (χ4n) is 5.25. The van der Waals surface area contributed by atoms with Gasteiger partial charge in [-0.05, 0) is 54.7 Å². The van der Waals surface area contributed by atoms with E-state index in [9.17, 15) is 14.4 Å². The van der Waals surface area contributed by atoms with Crippen LogP contribution >= 0.6 is 11.6 Å². The summed E-state index contributed by atoms with van der Waals surface area (Å²) in [5, 5.41) is 3.33. The molecule has 0 unspecified atom stereocenters. The normalized spacial score (nSPS) is 36.2. The van der Waals surface area contributed by atoms with E-state index in [0.717, 1.165) is 12.0 Å². The Bertz CT molecular complexity index is 844. The maximum atomic E-state index is 12.9. The van der Waals surface area contributed by atoms with Crippen LogP contribution in [0.1, 0.15) is 12.0 Å². The summed E-state index contributed by atoms with van der Waals surface area (Å²) in [5.74, 6) is 0.219. The van der Waals surface area contributed by atoms with Gasteiger partial charge in [0, 0.05) is 10.7 Å². The molecular weight excluding hydrogens is 352 g/mol. The Morgan fingerprint density at radius 2 is 1.77 bits per heavy atom.